The molecular formula is C15H15FN4O4S. The summed E-state index contributed by atoms with van der Waals surface area (Å²) in [4.78, 5) is 11.3. The minimum Gasteiger partial charge on any atom is -0.506 e. The van der Waals surface area contributed by atoms with Crippen LogP contribution in [-0.2, 0) is 21.5 Å². The standard InChI is InChI=1S/C15H15FN4O4S/c16-12-3-10(11-5-17-19(7-11)6-9-1-2-9)4-13(21)15(12)20-8-14(22)18-25(20,23)24/h3-5,7,9,21H,1-2,6,8H2,(H,18,22). The van der Waals surface area contributed by atoms with Crippen molar-refractivity contribution in [2.24, 2.45) is 5.92 Å². The number of phenols is 1. The lowest BCUT2D eigenvalue weighted by Gasteiger charge is -2.17. The van der Waals surface area contributed by atoms with Crippen molar-refractivity contribution in [1.82, 2.24) is 14.5 Å². The van der Waals surface area contributed by atoms with Gasteiger partial charge in [-0.25, -0.2) is 13.4 Å². The summed E-state index contributed by atoms with van der Waals surface area (Å²) in [7, 11) is -4.20. The maximum atomic E-state index is 14.5. The number of anilines is 1. The van der Waals surface area contributed by atoms with Gasteiger partial charge in [-0.3, -0.25) is 9.48 Å². The molecule has 1 aliphatic heterocycles. The van der Waals surface area contributed by atoms with Crippen LogP contribution in [0.5, 0.6) is 5.75 Å². The predicted molar refractivity (Wildman–Crippen MR) is 86.4 cm³/mol. The molecule has 1 aromatic carbocycles. The van der Waals surface area contributed by atoms with Crippen LogP contribution in [0.2, 0.25) is 0 Å². The highest BCUT2D eigenvalue weighted by molar-refractivity contribution is 7.92. The summed E-state index contributed by atoms with van der Waals surface area (Å²) in [5.74, 6) is -1.66. The molecule has 2 N–H and O–H groups in total. The molecule has 10 heteroatoms. The van der Waals surface area contributed by atoms with Crippen molar-refractivity contribution in [3.63, 3.8) is 0 Å². The molecule has 2 fully saturated rings. The van der Waals surface area contributed by atoms with Crippen molar-refractivity contribution in [2.75, 3.05) is 10.8 Å². The molecule has 132 valence electrons. The first-order chi connectivity index (χ1) is 11.8. The fourth-order valence-electron chi connectivity index (χ4n) is 2.82. The van der Waals surface area contributed by atoms with Gasteiger partial charge in [-0.1, -0.05) is 0 Å². The van der Waals surface area contributed by atoms with Gasteiger partial charge in [-0.2, -0.15) is 13.5 Å². The summed E-state index contributed by atoms with van der Waals surface area (Å²) < 4.78 is 42.2. The molecule has 1 saturated heterocycles. The van der Waals surface area contributed by atoms with Crippen LogP contribution < -0.4 is 9.03 Å². The van der Waals surface area contributed by atoms with Crippen molar-refractivity contribution in [3.05, 3.63) is 30.3 Å². The maximum Gasteiger partial charge on any atom is 0.326 e. The van der Waals surface area contributed by atoms with Gasteiger partial charge in [0.15, 0.2) is 5.82 Å². The van der Waals surface area contributed by atoms with Crippen molar-refractivity contribution in [1.29, 1.82) is 0 Å². The van der Waals surface area contributed by atoms with Gasteiger partial charge in [-0.15, -0.1) is 0 Å². The third-order valence-corrected chi connectivity index (χ3v) is 5.60. The summed E-state index contributed by atoms with van der Waals surface area (Å²) in [5.41, 5.74) is 0.434. The van der Waals surface area contributed by atoms with Crippen molar-refractivity contribution < 1.29 is 22.7 Å². The fraction of sp³-hybridized carbons (Fsp3) is 0.333. The summed E-state index contributed by atoms with van der Waals surface area (Å²) in [6, 6.07) is 2.38. The van der Waals surface area contributed by atoms with E-state index in [0.29, 0.717) is 21.4 Å². The van der Waals surface area contributed by atoms with E-state index in [1.807, 2.05) is 0 Å². The highest BCUT2D eigenvalue weighted by Crippen LogP contribution is 2.37. The number of hydrogen-bond donors (Lipinski definition) is 2. The van der Waals surface area contributed by atoms with Gasteiger partial charge in [0.05, 0.1) is 6.20 Å². The number of nitrogens with one attached hydrogen (secondary N) is 1. The van der Waals surface area contributed by atoms with Gasteiger partial charge in [0.1, 0.15) is 18.0 Å². The minimum absolute atomic E-state index is 0.372. The number of carbonyl (C=O) groups excluding carboxylic acids is 1. The number of rotatable bonds is 4. The van der Waals surface area contributed by atoms with Crippen LogP contribution in [0.1, 0.15) is 12.8 Å². The van der Waals surface area contributed by atoms with Crippen LogP contribution in [0, 0.1) is 11.7 Å². The molecule has 2 aliphatic rings. The van der Waals surface area contributed by atoms with Crippen LogP contribution in [0.4, 0.5) is 10.1 Å². The fourth-order valence-corrected chi connectivity index (χ4v) is 3.99. The molecule has 1 saturated carbocycles. The summed E-state index contributed by atoms with van der Waals surface area (Å²) in [6.07, 6.45) is 5.67. The number of aromatic nitrogens is 2. The van der Waals surface area contributed by atoms with Crippen LogP contribution in [0.3, 0.4) is 0 Å². The largest absolute Gasteiger partial charge is 0.506 e. The average Bonchev–Trinajstić information content (AvgIpc) is 3.11. The highest BCUT2D eigenvalue weighted by atomic mass is 32.2. The zero-order valence-corrected chi connectivity index (χ0v) is 13.8. The van der Waals surface area contributed by atoms with E-state index in [2.05, 4.69) is 5.10 Å². The molecule has 1 aromatic heterocycles. The van der Waals surface area contributed by atoms with Crippen molar-refractivity contribution >= 4 is 21.8 Å². The van der Waals surface area contributed by atoms with Crippen LogP contribution in [-0.4, -0.2) is 35.8 Å². The van der Waals surface area contributed by atoms with Gasteiger partial charge in [0.2, 0.25) is 0 Å². The molecule has 0 bridgehead atoms. The number of amides is 1. The lowest BCUT2D eigenvalue weighted by Crippen LogP contribution is -2.30. The Hall–Kier alpha value is -2.62. The number of hydrogen-bond acceptors (Lipinski definition) is 5. The Labute approximate surface area is 143 Å². The Balaban J connectivity index is 1.68. The van der Waals surface area contributed by atoms with Gasteiger partial charge < -0.3 is 5.11 Å². The van der Waals surface area contributed by atoms with Crippen LogP contribution >= 0.6 is 0 Å². The third kappa shape index (κ3) is 2.93. The lowest BCUT2D eigenvalue weighted by atomic mass is 10.1. The van der Waals surface area contributed by atoms with E-state index in [-0.39, 0.29) is 0 Å². The first-order valence-electron chi connectivity index (χ1n) is 7.72. The van der Waals surface area contributed by atoms with E-state index in [1.54, 1.807) is 21.8 Å². The number of nitrogens with zero attached hydrogens (tertiary/aromatic N) is 3. The van der Waals surface area contributed by atoms with Crippen LogP contribution in [0.15, 0.2) is 24.5 Å². The molecule has 1 aliphatic carbocycles. The normalized spacial score (nSPS) is 19.2. The predicted octanol–water partition coefficient (Wildman–Crippen LogP) is 0.986. The van der Waals surface area contributed by atoms with Gasteiger partial charge in [0.25, 0.3) is 5.91 Å². The van der Waals surface area contributed by atoms with E-state index in [1.165, 1.54) is 18.9 Å². The van der Waals surface area contributed by atoms with Crippen LogP contribution in [0.25, 0.3) is 11.1 Å². The minimum atomic E-state index is -4.20. The smallest absolute Gasteiger partial charge is 0.326 e. The van der Waals surface area contributed by atoms with Gasteiger partial charge >= 0.3 is 10.2 Å². The number of phenolic OH excluding ortho intramolecular Hbond substituents is 1. The van der Waals surface area contributed by atoms with Crippen molar-refractivity contribution in [3.8, 4) is 16.9 Å². The molecule has 1 amide bonds. The molecule has 2 aromatic rings. The molecule has 0 radical (unpaired) electrons. The molecule has 4 rings (SSSR count). The first kappa shape index (κ1) is 15.9. The van der Waals surface area contributed by atoms with E-state index in [9.17, 15) is 22.7 Å². The monoisotopic (exact) mass is 366 g/mol. The third-order valence-electron chi connectivity index (χ3n) is 4.22. The molecule has 0 atom stereocenters. The lowest BCUT2D eigenvalue weighted by molar-refractivity contribution is -0.117. The second-order valence-corrected chi connectivity index (χ2v) is 7.85. The zero-order valence-electron chi connectivity index (χ0n) is 13.0. The first-order valence-corrected chi connectivity index (χ1v) is 9.16. The zero-order chi connectivity index (χ0) is 17.8. The number of halogens is 1. The molecule has 8 nitrogen and oxygen atoms in total. The topological polar surface area (TPSA) is 105 Å². The maximum absolute atomic E-state index is 14.5. The number of aromatic hydroxyl groups is 1. The summed E-state index contributed by atoms with van der Waals surface area (Å²) >= 11 is 0. The van der Waals surface area contributed by atoms with Gasteiger partial charge in [0, 0.05) is 18.3 Å². The van der Waals surface area contributed by atoms with E-state index in [0.717, 1.165) is 12.6 Å². The van der Waals surface area contributed by atoms with Crippen molar-refractivity contribution in [2.45, 2.75) is 19.4 Å². The molecular weight excluding hydrogens is 351 g/mol. The van der Waals surface area contributed by atoms with E-state index in [4.69, 9.17) is 0 Å². The molecule has 0 spiro atoms. The second kappa shape index (κ2) is 5.45. The molecule has 25 heavy (non-hydrogen) atoms. The van der Waals surface area contributed by atoms with E-state index < -0.39 is 39.9 Å². The number of carbonyl (C=O) groups is 1. The average molecular weight is 366 g/mol. The second-order valence-electron chi connectivity index (χ2n) is 6.26. The summed E-state index contributed by atoms with van der Waals surface area (Å²) in [5, 5.41) is 14.4. The SMILES string of the molecule is O=C1CN(c2c(O)cc(-c3cnn(CC4CC4)c3)cc2F)S(=O)(=O)N1. The number of benzene rings is 1. The molecule has 2 heterocycles. The Kier molecular flexibility index (Phi) is 3.46. The Morgan fingerprint density at radius 1 is 1.32 bits per heavy atom. The van der Waals surface area contributed by atoms with E-state index >= 15 is 0 Å². The Morgan fingerprint density at radius 3 is 2.68 bits per heavy atom. The Morgan fingerprint density at radius 2 is 2.08 bits per heavy atom. The highest BCUT2D eigenvalue weighted by Gasteiger charge is 2.37. The Bertz CT molecular complexity index is 945. The summed E-state index contributed by atoms with van der Waals surface area (Å²) in [6.45, 7) is 0.220. The van der Waals surface area contributed by atoms with Gasteiger partial charge in [-0.05, 0) is 36.5 Å². The molecule has 0 unspecified atom stereocenters. The quantitative estimate of drug-likeness (QED) is 0.840.